The van der Waals surface area contributed by atoms with Gasteiger partial charge in [0.15, 0.2) is 11.5 Å². The van der Waals surface area contributed by atoms with E-state index in [1.807, 2.05) is 0 Å². The lowest BCUT2D eigenvalue weighted by molar-refractivity contribution is 0.374. The van der Waals surface area contributed by atoms with Crippen LogP contribution in [0.15, 0.2) is 29.1 Å². The van der Waals surface area contributed by atoms with Gasteiger partial charge in [-0.2, -0.15) is 0 Å². The van der Waals surface area contributed by atoms with Crippen molar-refractivity contribution in [3.63, 3.8) is 0 Å². The third-order valence-corrected chi connectivity index (χ3v) is 2.51. The van der Waals surface area contributed by atoms with E-state index >= 15 is 0 Å². The standard InChI is InChI=1S/C10H9BrN2O2/c1-15-9-3-6(11)2-7(10(9)14)8-4-12-5-13-8/h2-5,14H,1H3,(H,12,13). The second-order valence-corrected chi connectivity index (χ2v) is 3.89. The molecule has 1 heterocycles. The van der Waals surface area contributed by atoms with Crippen LogP contribution in [0.3, 0.4) is 0 Å². The van der Waals surface area contributed by atoms with Gasteiger partial charge in [-0.25, -0.2) is 4.98 Å². The molecule has 4 nitrogen and oxygen atoms in total. The summed E-state index contributed by atoms with van der Waals surface area (Å²) in [5, 5.41) is 9.89. The van der Waals surface area contributed by atoms with Crippen LogP contribution in [0.25, 0.3) is 11.3 Å². The highest BCUT2D eigenvalue weighted by Crippen LogP contribution is 2.38. The summed E-state index contributed by atoms with van der Waals surface area (Å²) < 4.78 is 5.89. The maximum atomic E-state index is 9.89. The molecule has 0 amide bonds. The van der Waals surface area contributed by atoms with Gasteiger partial charge in [-0.1, -0.05) is 15.9 Å². The molecule has 0 atom stereocenters. The van der Waals surface area contributed by atoms with E-state index in [9.17, 15) is 5.11 Å². The Morgan fingerprint density at radius 3 is 2.87 bits per heavy atom. The number of rotatable bonds is 2. The minimum atomic E-state index is 0.102. The molecular formula is C10H9BrN2O2. The first-order valence-electron chi connectivity index (χ1n) is 4.27. The van der Waals surface area contributed by atoms with Crippen molar-refractivity contribution in [3.05, 3.63) is 29.1 Å². The number of nitrogens with zero attached hydrogens (tertiary/aromatic N) is 1. The van der Waals surface area contributed by atoms with Crippen LogP contribution < -0.4 is 4.74 Å². The molecule has 78 valence electrons. The number of hydrogen-bond donors (Lipinski definition) is 2. The normalized spacial score (nSPS) is 10.3. The maximum Gasteiger partial charge on any atom is 0.167 e. The number of phenolic OH excluding ortho intramolecular Hbond substituents is 1. The van der Waals surface area contributed by atoms with E-state index in [1.54, 1.807) is 24.7 Å². The largest absolute Gasteiger partial charge is 0.504 e. The van der Waals surface area contributed by atoms with Crippen LogP contribution in [-0.2, 0) is 0 Å². The number of benzene rings is 1. The number of H-pyrrole nitrogens is 1. The Morgan fingerprint density at radius 2 is 2.27 bits per heavy atom. The van der Waals surface area contributed by atoms with E-state index in [0.717, 1.165) is 10.2 Å². The van der Waals surface area contributed by atoms with Crippen LogP contribution in [0, 0.1) is 0 Å². The van der Waals surface area contributed by atoms with Gasteiger partial charge in [0, 0.05) is 10.0 Å². The number of halogens is 1. The Labute approximate surface area is 95.1 Å². The van der Waals surface area contributed by atoms with Crippen LogP contribution in [0.4, 0.5) is 0 Å². The zero-order valence-electron chi connectivity index (χ0n) is 7.99. The van der Waals surface area contributed by atoms with E-state index in [4.69, 9.17) is 4.74 Å². The van der Waals surface area contributed by atoms with Gasteiger partial charge < -0.3 is 14.8 Å². The molecule has 2 rings (SSSR count). The van der Waals surface area contributed by atoms with Gasteiger partial charge in [-0.3, -0.25) is 0 Å². The number of imidazole rings is 1. The first kappa shape index (κ1) is 10.0. The summed E-state index contributed by atoms with van der Waals surface area (Å²) in [4.78, 5) is 6.83. The summed E-state index contributed by atoms with van der Waals surface area (Å²) in [6.07, 6.45) is 3.20. The SMILES string of the molecule is COc1cc(Br)cc(-c2cnc[nH]2)c1O. The predicted molar refractivity (Wildman–Crippen MR) is 59.9 cm³/mol. The van der Waals surface area contributed by atoms with Crippen molar-refractivity contribution in [1.29, 1.82) is 0 Å². The first-order valence-corrected chi connectivity index (χ1v) is 5.07. The van der Waals surface area contributed by atoms with E-state index in [0.29, 0.717) is 11.3 Å². The molecule has 5 heteroatoms. The third-order valence-electron chi connectivity index (χ3n) is 2.05. The average molecular weight is 269 g/mol. The van der Waals surface area contributed by atoms with Crippen LogP contribution in [0.5, 0.6) is 11.5 Å². The topological polar surface area (TPSA) is 58.1 Å². The molecular weight excluding hydrogens is 260 g/mol. The number of ether oxygens (including phenoxy) is 1. The number of aromatic nitrogens is 2. The van der Waals surface area contributed by atoms with E-state index in [-0.39, 0.29) is 5.75 Å². The summed E-state index contributed by atoms with van der Waals surface area (Å²) in [7, 11) is 1.51. The van der Waals surface area contributed by atoms with Gasteiger partial charge in [0.1, 0.15) is 0 Å². The van der Waals surface area contributed by atoms with Crippen molar-refractivity contribution in [2.75, 3.05) is 7.11 Å². The van der Waals surface area contributed by atoms with Gasteiger partial charge in [0.2, 0.25) is 0 Å². The van der Waals surface area contributed by atoms with Crippen molar-refractivity contribution in [3.8, 4) is 22.8 Å². The van der Waals surface area contributed by atoms with E-state index < -0.39 is 0 Å². The second-order valence-electron chi connectivity index (χ2n) is 2.97. The summed E-state index contributed by atoms with van der Waals surface area (Å²) >= 11 is 3.35. The highest BCUT2D eigenvalue weighted by Gasteiger charge is 2.12. The number of phenols is 1. The number of nitrogens with one attached hydrogen (secondary N) is 1. The Bertz CT molecular complexity index is 469. The number of hydrogen-bond acceptors (Lipinski definition) is 3. The molecule has 0 aliphatic heterocycles. The lowest BCUT2D eigenvalue weighted by Crippen LogP contribution is -1.87. The summed E-state index contributed by atoms with van der Waals surface area (Å²) in [6.45, 7) is 0. The van der Waals surface area contributed by atoms with Crippen molar-refractivity contribution >= 4 is 15.9 Å². The highest BCUT2D eigenvalue weighted by molar-refractivity contribution is 9.10. The second kappa shape index (κ2) is 3.94. The number of aromatic hydroxyl groups is 1. The first-order chi connectivity index (χ1) is 7.22. The Kier molecular flexibility index (Phi) is 2.64. The van der Waals surface area contributed by atoms with Gasteiger partial charge in [0.25, 0.3) is 0 Å². The van der Waals surface area contributed by atoms with Crippen LogP contribution in [0.1, 0.15) is 0 Å². The monoisotopic (exact) mass is 268 g/mol. The molecule has 0 bridgehead atoms. The van der Waals surface area contributed by atoms with Gasteiger partial charge in [0.05, 0.1) is 25.3 Å². The number of aromatic amines is 1. The van der Waals surface area contributed by atoms with Gasteiger partial charge in [-0.05, 0) is 12.1 Å². The van der Waals surface area contributed by atoms with Crippen molar-refractivity contribution < 1.29 is 9.84 Å². The van der Waals surface area contributed by atoms with E-state index in [1.165, 1.54) is 7.11 Å². The van der Waals surface area contributed by atoms with Crippen molar-refractivity contribution in [2.45, 2.75) is 0 Å². The minimum absolute atomic E-state index is 0.102. The summed E-state index contributed by atoms with van der Waals surface area (Å²) in [6, 6.07) is 3.50. The third kappa shape index (κ3) is 1.83. The predicted octanol–water partition coefficient (Wildman–Crippen LogP) is 2.55. The maximum absolute atomic E-state index is 9.89. The van der Waals surface area contributed by atoms with Gasteiger partial charge >= 0.3 is 0 Å². The molecule has 0 radical (unpaired) electrons. The fraction of sp³-hybridized carbons (Fsp3) is 0.100. The van der Waals surface area contributed by atoms with Crippen molar-refractivity contribution in [2.24, 2.45) is 0 Å². The molecule has 0 spiro atoms. The Morgan fingerprint density at radius 1 is 1.47 bits per heavy atom. The molecule has 15 heavy (non-hydrogen) atoms. The lowest BCUT2D eigenvalue weighted by atomic mass is 10.1. The van der Waals surface area contributed by atoms with Crippen LogP contribution in [-0.4, -0.2) is 22.2 Å². The average Bonchev–Trinajstić information content (AvgIpc) is 2.74. The fourth-order valence-corrected chi connectivity index (χ4v) is 1.78. The molecule has 1 aromatic heterocycles. The Balaban J connectivity index is 2.61. The molecule has 0 saturated carbocycles. The molecule has 0 aliphatic rings. The fourth-order valence-electron chi connectivity index (χ4n) is 1.34. The quantitative estimate of drug-likeness (QED) is 0.880. The summed E-state index contributed by atoms with van der Waals surface area (Å²) in [5.41, 5.74) is 1.39. The molecule has 0 saturated heterocycles. The molecule has 0 aliphatic carbocycles. The summed E-state index contributed by atoms with van der Waals surface area (Å²) in [5.74, 6) is 0.527. The smallest absolute Gasteiger partial charge is 0.167 e. The van der Waals surface area contributed by atoms with Crippen molar-refractivity contribution in [1.82, 2.24) is 9.97 Å². The lowest BCUT2D eigenvalue weighted by Gasteiger charge is -2.08. The molecule has 0 fully saturated rings. The highest BCUT2D eigenvalue weighted by atomic mass is 79.9. The molecule has 2 aromatic rings. The molecule has 0 unspecified atom stereocenters. The van der Waals surface area contributed by atoms with Gasteiger partial charge in [-0.15, -0.1) is 0 Å². The number of methoxy groups -OCH3 is 1. The zero-order chi connectivity index (χ0) is 10.8. The Hall–Kier alpha value is -1.49. The van der Waals surface area contributed by atoms with E-state index in [2.05, 4.69) is 25.9 Å². The zero-order valence-corrected chi connectivity index (χ0v) is 9.58. The van der Waals surface area contributed by atoms with Crippen LogP contribution >= 0.6 is 15.9 Å². The molecule has 2 N–H and O–H groups in total. The molecule has 1 aromatic carbocycles. The van der Waals surface area contributed by atoms with Crippen LogP contribution in [0.2, 0.25) is 0 Å². The minimum Gasteiger partial charge on any atom is -0.504 e.